The first kappa shape index (κ1) is 19.5. The van der Waals surface area contributed by atoms with E-state index in [9.17, 15) is 17.6 Å². The summed E-state index contributed by atoms with van der Waals surface area (Å²) in [6, 6.07) is 10.1. The van der Waals surface area contributed by atoms with E-state index in [0.717, 1.165) is 25.7 Å². The second kappa shape index (κ2) is 8.19. The van der Waals surface area contributed by atoms with Crippen LogP contribution in [0.3, 0.4) is 0 Å². The van der Waals surface area contributed by atoms with Gasteiger partial charge >= 0.3 is 0 Å². The van der Waals surface area contributed by atoms with Crippen molar-refractivity contribution in [1.82, 2.24) is 4.31 Å². The normalized spacial score (nSPS) is 15.9. The van der Waals surface area contributed by atoms with Gasteiger partial charge in [0.05, 0.1) is 4.90 Å². The van der Waals surface area contributed by atoms with E-state index in [0.29, 0.717) is 24.3 Å². The van der Waals surface area contributed by atoms with Crippen LogP contribution in [0.2, 0.25) is 0 Å². The summed E-state index contributed by atoms with van der Waals surface area (Å²) in [6.45, 7) is 2.71. The van der Waals surface area contributed by atoms with Gasteiger partial charge in [-0.2, -0.15) is 4.31 Å². The smallest absolute Gasteiger partial charge is 0.255 e. The maximum Gasteiger partial charge on any atom is 0.255 e. The fourth-order valence-electron chi connectivity index (χ4n) is 3.19. The molecule has 1 aliphatic heterocycles. The van der Waals surface area contributed by atoms with E-state index in [1.54, 1.807) is 19.1 Å². The molecule has 0 aromatic heterocycles. The summed E-state index contributed by atoms with van der Waals surface area (Å²) >= 11 is 0. The van der Waals surface area contributed by atoms with Gasteiger partial charge in [-0.05, 0) is 61.7 Å². The van der Waals surface area contributed by atoms with Crippen molar-refractivity contribution in [2.75, 3.05) is 18.4 Å². The van der Waals surface area contributed by atoms with Gasteiger partial charge in [-0.3, -0.25) is 4.79 Å². The number of nitrogens with zero attached hydrogens (tertiary/aromatic N) is 1. The lowest BCUT2D eigenvalue weighted by molar-refractivity contribution is 0.102. The second-order valence-electron chi connectivity index (χ2n) is 6.76. The van der Waals surface area contributed by atoms with Crippen molar-refractivity contribution in [2.45, 2.75) is 37.5 Å². The number of carbonyl (C=O) groups excluding carboxylic acids is 1. The van der Waals surface area contributed by atoms with Crippen LogP contribution in [0.5, 0.6) is 0 Å². The predicted octanol–water partition coefficient (Wildman–Crippen LogP) is 3.95. The maximum atomic E-state index is 13.2. The molecule has 0 unspecified atom stereocenters. The van der Waals surface area contributed by atoms with Crippen LogP contribution in [-0.4, -0.2) is 31.7 Å². The third-order valence-corrected chi connectivity index (χ3v) is 6.63. The molecule has 2 aromatic carbocycles. The van der Waals surface area contributed by atoms with Crippen molar-refractivity contribution in [1.29, 1.82) is 0 Å². The standard InChI is InChI=1S/C20H23FN2O3S/c1-15-13-17(21)9-10-19(15)22-20(24)16-7-6-8-18(14-16)27(25,26)23-11-4-2-3-5-12-23/h6-10,13-14H,2-5,11-12H2,1H3,(H,22,24). The Morgan fingerprint density at radius 1 is 1.04 bits per heavy atom. The number of benzene rings is 2. The van der Waals surface area contributed by atoms with E-state index >= 15 is 0 Å². The topological polar surface area (TPSA) is 66.5 Å². The minimum atomic E-state index is -3.62. The van der Waals surface area contributed by atoms with Crippen LogP contribution in [0.25, 0.3) is 0 Å². The van der Waals surface area contributed by atoms with Gasteiger partial charge in [-0.15, -0.1) is 0 Å². The van der Waals surface area contributed by atoms with Crippen LogP contribution in [0.4, 0.5) is 10.1 Å². The zero-order valence-electron chi connectivity index (χ0n) is 15.2. The van der Waals surface area contributed by atoms with Crippen molar-refractivity contribution in [3.8, 4) is 0 Å². The highest BCUT2D eigenvalue weighted by atomic mass is 32.2. The van der Waals surface area contributed by atoms with Crippen molar-refractivity contribution in [3.05, 3.63) is 59.4 Å². The quantitative estimate of drug-likeness (QED) is 0.860. The molecule has 0 atom stereocenters. The summed E-state index contributed by atoms with van der Waals surface area (Å²) in [5.41, 5.74) is 1.33. The summed E-state index contributed by atoms with van der Waals surface area (Å²) < 4.78 is 40.5. The average molecular weight is 390 g/mol. The molecular weight excluding hydrogens is 367 g/mol. The lowest BCUT2D eigenvalue weighted by Crippen LogP contribution is -2.32. The molecule has 5 nitrogen and oxygen atoms in total. The Hall–Kier alpha value is -2.25. The van der Waals surface area contributed by atoms with Crippen molar-refractivity contribution in [2.24, 2.45) is 0 Å². The highest BCUT2D eigenvalue weighted by Crippen LogP contribution is 2.22. The number of carbonyl (C=O) groups is 1. The molecule has 0 spiro atoms. The predicted molar refractivity (Wildman–Crippen MR) is 103 cm³/mol. The number of halogens is 1. The van der Waals surface area contributed by atoms with Gasteiger partial charge in [0.1, 0.15) is 5.82 Å². The minimum absolute atomic E-state index is 0.118. The van der Waals surface area contributed by atoms with Gasteiger partial charge in [-0.1, -0.05) is 18.9 Å². The molecule has 2 aromatic rings. The summed E-state index contributed by atoms with van der Waals surface area (Å²) in [4.78, 5) is 12.7. The Labute approximate surface area is 159 Å². The fraction of sp³-hybridized carbons (Fsp3) is 0.350. The highest BCUT2D eigenvalue weighted by molar-refractivity contribution is 7.89. The number of rotatable bonds is 4. The monoisotopic (exact) mass is 390 g/mol. The van der Waals surface area contributed by atoms with E-state index < -0.39 is 15.9 Å². The van der Waals surface area contributed by atoms with E-state index in [4.69, 9.17) is 0 Å². The highest BCUT2D eigenvalue weighted by Gasteiger charge is 2.25. The number of nitrogens with one attached hydrogen (secondary N) is 1. The molecule has 1 heterocycles. The number of anilines is 1. The van der Waals surface area contributed by atoms with Crippen molar-refractivity contribution in [3.63, 3.8) is 0 Å². The first-order valence-electron chi connectivity index (χ1n) is 9.05. The average Bonchev–Trinajstić information content (AvgIpc) is 2.94. The molecule has 3 rings (SSSR count). The van der Waals surface area contributed by atoms with E-state index in [1.165, 1.54) is 34.6 Å². The molecule has 1 fully saturated rings. The molecule has 144 valence electrons. The van der Waals surface area contributed by atoms with Crippen molar-refractivity contribution < 1.29 is 17.6 Å². The number of hydrogen-bond acceptors (Lipinski definition) is 3. The molecule has 0 aliphatic carbocycles. The first-order chi connectivity index (χ1) is 12.9. The third-order valence-electron chi connectivity index (χ3n) is 4.74. The Balaban J connectivity index is 1.83. The maximum absolute atomic E-state index is 13.2. The van der Waals surface area contributed by atoms with Crippen molar-refractivity contribution >= 4 is 21.6 Å². The number of aryl methyl sites for hydroxylation is 1. The Morgan fingerprint density at radius 2 is 1.74 bits per heavy atom. The summed E-state index contributed by atoms with van der Waals surface area (Å²) in [7, 11) is -3.62. The number of hydrogen-bond donors (Lipinski definition) is 1. The molecule has 7 heteroatoms. The van der Waals surface area contributed by atoms with E-state index in [-0.39, 0.29) is 16.3 Å². The summed E-state index contributed by atoms with van der Waals surface area (Å²) in [5, 5.41) is 2.71. The van der Waals surface area contributed by atoms with Crippen LogP contribution < -0.4 is 5.32 Å². The Morgan fingerprint density at radius 3 is 2.41 bits per heavy atom. The molecule has 0 radical (unpaired) electrons. The molecule has 1 amide bonds. The molecular formula is C20H23FN2O3S. The molecule has 1 aliphatic rings. The third kappa shape index (κ3) is 4.54. The van der Waals surface area contributed by atoms with Gasteiger partial charge in [0.15, 0.2) is 0 Å². The molecule has 1 saturated heterocycles. The molecule has 0 saturated carbocycles. The lowest BCUT2D eigenvalue weighted by Gasteiger charge is -2.20. The summed E-state index contributed by atoms with van der Waals surface area (Å²) in [5.74, 6) is -0.811. The van der Waals surface area contributed by atoms with E-state index in [2.05, 4.69) is 5.32 Å². The Bertz CT molecular complexity index is 936. The number of amides is 1. The van der Waals surface area contributed by atoms with Gasteiger partial charge in [0.2, 0.25) is 10.0 Å². The van der Waals surface area contributed by atoms with Crippen LogP contribution >= 0.6 is 0 Å². The second-order valence-corrected chi connectivity index (χ2v) is 8.70. The van der Waals surface area contributed by atoms with Gasteiger partial charge in [0, 0.05) is 24.3 Å². The van der Waals surface area contributed by atoms with Crippen LogP contribution in [0, 0.1) is 12.7 Å². The molecule has 1 N–H and O–H groups in total. The zero-order chi connectivity index (χ0) is 19.4. The first-order valence-corrected chi connectivity index (χ1v) is 10.5. The van der Waals surface area contributed by atoms with Gasteiger partial charge < -0.3 is 5.32 Å². The van der Waals surface area contributed by atoms with Gasteiger partial charge in [0.25, 0.3) is 5.91 Å². The van der Waals surface area contributed by atoms with Crippen LogP contribution in [0.1, 0.15) is 41.6 Å². The van der Waals surface area contributed by atoms with Crippen LogP contribution in [-0.2, 0) is 10.0 Å². The molecule has 27 heavy (non-hydrogen) atoms. The lowest BCUT2D eigenvalue weighted by atomic mass is 10.1. The molecule has 0 bridgehead atoms. The van der Waals surface area contributed by atoms with Crippen LogP contribution in [0.15, 0.2) is 47.4 Å². The van der Waals surface area contributed by atoms with Gasteiger partial charge in [-0.25, -0.2) is 12.8 Å². The largest absolute Gasteiger partial charge is 0.322 e. The zero-order valence-corrected chi connectivity index (χ0v) is 16.1. The fourth-order valence-corrected chi connectivity index (χ4v) is 4.75. The SMILES string of the molecule is Cc1cc(F)ccc1NC(=O)c1cccc(S(=O)(=O)N2CCCCCC2)c1. The number of sulfonamides is 1. The Kier molecular flexibility index (Phi) is 5.92. The van der Waals surface area contributed by atoms with E-state index in [1.807, 2.05) is 0 Å². The summed E-state index contributed by atoms with van der Waals surface area (Å²) in [6.07, 6.45) is 3.77. The minimum Gasteiger partial charge on any atom is -0.322 e.